The monoisotopic (exact) mass is 378 g/mol. The Morgan fingerprint density at radius 3 is 2.83 bits per heavy atom. The molecule has 0 aliphatic rings. The van der Waals surface area contributed by atoms with Crippen molar-refractivity contribution < 1.29 is 5.11 Å². The molecule has 2 heterocycles. The minimum atomic E-state index is -0.0595. The average molecular weight is 378 g/mol. The fourth-order valence-electron chi connectivity index (χ4n) is 1.79. The SMILES string of the molecule is CC(C)CCc1ncnc2c1nc(CO)n2PI. The molecule has 0 saturated heterocycles. The third kappa shape index (κ3) is 2.81. The molecule has 0 amide bonds. The van der Waals surface area contributed by atoms with Gasteiger partial charge in [0, 0.05) is 0 Å². The van der Waals surface area contributed by atoms with Crippen molar-refractivity contribution in [2.75, 3.05) is 0 Å². The first kappa shape index (κ1) is 14.1. The van der Waals surface area contributed by atoms with Gasteiger partial charge in [-0.05, 0) is 40.8 Å². The maximum Gasteiger partial charge on any atom is 0.167 e. The summed E-state index contributed by atoms with van der Waals surface area (Å²) in [7, 11) is 0. The first-order valence-electron chi connectivity index (χ1n) is 5.86. The lowest BCUT2D eigenvalue weighted by atomic mass is 10.1. The largest absolute Gasteiger partial charge is 0.388 e. The molecule has 0 spiro atoms. The highest BCUT2D eigenvalue weighted by molar-refractivity contribution is 14.2. The first-order valence-corrected chi connectivity index (χ1v) is 9.92. The van der Waals surface area contributed by atoms with E-state index in [-0.39, 0.29) is 6.61 Å². The van der Waals surface area contributed by atoms with E-state index in [0.717, 1.165) is 29.7 Å². The van der Waals surface area contributed by atoms with E-state index in [1.807, 2.05) is 4.34 Å². The molecule has 2 aromatic heterocycles. The van der Waals surface area contributed by atoms with Crippen molar-refractivity contribution in [3.8, 4) is 0 Å². The molecular weight excluding hydrogens is 362 g/mol. The molecule has 2 rings (SSSR count). The van der Waals surface area contributed by atoms with E-state index in [4.69, 9.17) is 0 Å². The first-order chi connectivity index (χ1) is 8.67. The number of nitrogens with zero attached hydrogens (tertiary/aromatic N) is 4. The van der Waals surface area contributed by atoms with Crippen LogP contribution in [0.3, 0.4) is 0 Å². The number of aliphatic hydroxyl groups excluding tert-OH is 1. The molecule has 0 bridgehead atoms. The van der Waals surface area contributed by atoms with E-state index in [0.29, 0.717) is 18.1 Å². The third-order valence-corrected chi connectivity index (χ3v) is 4.86. The topological polar surface area (TPSA) is 63.8 Å². The summed E-state index contributed by atoms with van der Waals surface area (Å²) in [6.07, 6.45) is 4.06. The van der Waals surface area contributed by atoms with Gasteiger partial charge >= 0.3 is 0 Å². The Morgan fingerprint density at radius 2 is 2.22 bits per heavy atom. The Hall–Kier alpha value is -0.330. The Labute approximate surface area is 121 Å². The van der Waals surface area contributed by atoms with E-state index in [1.54, 1.807) is 6.33 Å². The minimum Gasteiger partial charge on any atom is -0.388 e. The molecule has 1 N–H and O–H groups in total. The summed E-state index contributed by atoms with van der Waals surface area (Å²) >= 11 is 2.27. The van der Waals surface area contributed by atoms with Crippen molar-refractivity contribution in [1.29, 1.82) is 0 Å². The van der Waals surface area contributed by atoms with Crippen LogP contribution in [-0.2, 0) is 13.0 Å². The number of rotatable bonds is 5. The van der Waals surface area contributed by atoms with Crippen LogP contribution in [0.5, 0.6) is 0 Å². The maximum absolute atomic E-state index is 9.33. The molecule has 1 unspecified atom stereocenters. The molecule has 0 radical (unpaired) electrons. The van der Waals surface area contributed by atoms with Gasteiger partial charge in [-0.3, -0.25) is 4.34 Å². The van der Waals surface area contributed by atoms with Crippen molar-refractivity contribution >= 4 is 39.6 Å². The van der Waals surface area contributed by atoms with E-state index in [9.17, 15) is 5.11 Å². The number of halogens is 1. The lowest BCUT2D eigenvalue weighted by molar-refractivity contribution is 0.271. The van der Waals surface area contributed by atoms with Gasteiger partial charge in [0.15, 0.2) is 5.65 Å². The highest BCUT2D eigenvalue weighted by Gasteiger charge is 2.14. The lowest BCUT2D eigenvalue weighted by Gasteiger charge is -2.04. The Morgan fingerprint density at radius 1 is 1.44 bits per heavy atom. The van der Waals surface area contributed by atoms with Gasteiger partial charge in [0.05, 0.1) is 12.1 Å². The summed E-state index contributed by atoms with van der Waals surface area (Å²) in [6.45, 7) is 4.33. The number of aryl methyl sites for hydroxylation is 1. The van der Waals surface area contributed by atoms with Crippen LogP contribution in [0.1, 0.15) is 31.8 Å². The summed E-state index contributed by atoms with van der Waals surface area (Å²) in [4.78, 5) is 13.1. The molecule has 0 aliphatic heterocycles. The van der Waals surface area contributed by atoms with Crippen molar-refractivity contribution in [1.82, 2.24) is 19.3 Å². The van der Waals surface area contributed by atoms with Crippen LogP contribution in [0.15, 0.2) is 6.33 Å². The predicted octanol–water partition coefficient (Wildman–Crippen LogP) is 2.70. The van der Waals surface area contributed by atoms with Gasteiger partial charge in [0.25, 0.3) is 0 Å². The Kier molecular flexibility index (Phi) is 4.86. The lowest BCUT2D eigenvalue weighted by Crippen LogP contribution is -1.97. The van der Waals surface area contributed by atoms with Gasteiger partial charge in [-0.25, -0.2) is 15.0 Å². The van der Waals surface area contributed by atoms with E-state index < -0.39 is 0 Å². The Bertz CT molecular complexity index is 543. The number of hydrogen-bond donors (Lipinski definition) is 1. The van der Waals surface area contributed by atoms with Crippen LogP contribution in [0, 0.1) is 5.92 Å². The van der Waals surface area contributed by atoms with Crippen molar-refractivity contribution in [2.24, 2.45) is 5.92 Å². The second-order valence-electron chi connectivity index (χ2n) is 4.53. The summed E-state index contributed by atoms with van der Waals surface area (Å²) in [5.74, 6) is 1.31. The molecule has 7 heteroatoms. The third-order valence-electron chi connectivity index (χ3n) is 2.77. The van der Waals surface area contributed by atoms with Crippen molar-refractivity contribution in [3.63, 3.8) is 0 Å². The molecule has 0 fully saturated rings. The maximum atomic E-state index is 9.33. The highest BCUT2D eigenvalue weighted by Crippen LogP contribution is 2.31. The summed E-state index contributed by atoms with van der Waals surface area (Å²) in [6, 6.07) is 0. The quantitative estimate of drug-likeness (QED) is 0.642. The molecular formula is C11H16IN4OP. The Balaban J connectivity index is 2.45. The number of fused-ring (bicyclic) bond motifs is 1. The fraction of sp³-hybridized carbons (Fsp3) is 0.545. The van der Waals surface area contributed by atoms with E-state index >= 15 is 0 Å². The van der Waals surface area contributed by atoms with Crippen LogP contribution in [0.2, 0.25) is 0 Å². The molecule has 0 saturated carbocycles. The normalized spacial score (nSPS) is 12.3. The van der Waals surface area contributed by atoms with Crippen LogP contribution in [0.4, 0.5) is 0 Å². The van der Waals surface area contributed by atoms with Gasteiger partial charge in [-0.2, -0.15) is 0 Å². The molecule has 18 heavy (non-hydrogen) atoms. The minimum absolute atomic E-state index is 0.0595. The fourth-order valence-corrected chi connectivity index (χ4v) is 3.77. The van der Waals surface area contributed by atoms with Crippen LogP contribution in [0.25, 0.3) is 11.2 Å². The molecule has 0 aliphatic carbocycles. The zero-order valence-corrected chi connectivity index (χ0v) is 13.5. The molecule has 2 aromatic rings. The summed E-state index contributed by atoms with van der Waals surface area (Å²) < 4.78 is 1.95. The summed E-state index contributed by atoms with van der Waals surface area (Å²) in [5, 5.41) is 9.33. The van der Waals surface area contributed by atoms with Crippen LogP contribution in [-0.4, -0.2) is 24.4 Å². The van der Waals surface area contributed by atoms with Crippen LogP contribution < -0.4 is 0 Å². The number of aromatic nitrogens is 4. The summed E-state index contributed by atoms with van der Waals surface area (Å²) in [5.41, 5.74) is 2.66. The number of imidazole rings is 1. The highest BCUT2D eigenvalue weighted by atomic mass is 127. The predicted molar refractivity (Wildman–Crippen MR) is 82.1 cm³/mol. The molecule has 98 valence electrons. The zero-order valence-electron chi connectivity index (χ0n) is 10.4. The van der Waals surface area contributed by atoms with Crippen molar-refractivity contribution in [2.45, 2.75) is 33.3 Å². The second kappa shape index (κ2) is 6.21. The van der Waals surface area contributed by atoms with Gasteiger partial charge < -0.3 is 5.11 Å². The van der Waals surface area contributed by atoms with Gasteiger partial charge in [0.1, 0.15) is 24.3 Å². The number of aliphatic hydroxyl groups is 1. The standard InChI is InChI=1S/C11H16IN4OP/c1-7(2)3-4-8-10-11(14-6-13-8)16(18-12)9(5-17)15-10/h6-7,17-18H,3-5H2,1-2H3. The molecule has 5 nitrogen and oxygen atoms in total. The molecule has 1 atom stereocenters. The van der Waals surface area contributed by atoms with Crippen LogP contribution >= 0.6 is 28.4 Å². The molecule has 0 aromatic carbocycles. The van der Waals surface area contributed by atoms with Gasteiger partial charge in [0.2, 0.25) is 0 Å². The zero-order chi connectivity index (χ0) is 13.1. The van der Waals surface area contributed by atoms with Gasteiger partial charge in [-0.15, -0.1) is 0 Å². The average Bonchev–Trinajstić information content (AvgIpc) is 2.74. The van der Waals surface area contributed by atoms with E-state index in [1.165, 1.54) is 0 Å². The van der Waals surface area contributed by atoms with Gasteiger partial charge in [-0.1, -0.05) is 13.8 Å². The van der Waals surface area contributed by atoms with Crippen molar-refractivity contribution in [3.05, 3.63) is 17.8 Å². The van der Waals surface area contributed by atoms with E-state index in [2.05, 4.69) is 50.8 Å². The smallest absolute Gasteiger partial charge is 0.167 e. The number of hydrogen-bond acceptors (Lipinski definition) is 4. The second-order valence-corrected chi connectivity index (χ2v) is 6.59.